The molecule has 0 N–H and O–H groups in total. The molecule has 0 bridgehead atoms. The lowest BCUT2D eigenvalue weighted by Crippen LogP contribution is -2.20. The van der Waals surface area contributed by atoms with Gasteiger partial charge in [0.15, 0.2) is 0 Å². The maximum atomic E-state index is 12.4. The van der Waals surface area contributed by atoms with Crippen LogP contribution in [0.3, 0.4) is 0 Å². The molecule has 1 atom stereocenters. The van der Waals surface area contributed by atoms with Crippen LogP contribution in [0.5, 0.6) is 0 Å². The minimum absolute atomic E-state index is 0.0283. The van der Waals surface area contributed by atoms with Crippen LogP contribution >= 0.6 is 0 Å². The van der Waals surface area contributed by atoms with Gasteiger partial charge in [-0.1, -0.05) is 13.0 Å². The summed E-state index contributed by atoms with van der Waals surface area (Å²) >= 11 is 0. The van der Waals surface area contributed by atoms with Gasteiger partial charge in [0, 0.05) is 6.20 Å². The van der Waals surface area contributed by atoms with Crippen molar-refractivity contribution in [3.63, 3.8) is 0 Å². The van der Waals surface area contributed by atoms with Gasteiger partial charge in [-0.2, -0.15) is 13.2 Å². The topological polar surface area (TPSA) is 12.9 Å². The highest BCUT2D eigenvalue weighted by atomic mass is 19.4. The third kappa shape index (κ3) is 2.44. The van der Waals surface area contributed by atoms with Gasteiger partial charge in [0.2, 0.25) is 0 Å². The maximum Gasteiger partial charge on any atom is 0.397 e. The minimum Gasteiger partial charge on any atom is -0.261 e. The first kappa shape index (κ1) is 10.0. The first-order chi connectivity index (χ1) is 6.05. The van der Waals surface area contributed by atoms with Gasteiger partial charge in [0.05, 0.1) is 11.6 Å². The maximum absolute atomic E-state index is 12.4. The number of aromatic nitrogens is 1. The smallest absolute Gasteiger partial charge is 0.261 e. The molecule has 1 nitrogen and oxygen atoms in total. The molecule has 1 rings (SSSR count). The van der Waals surface area contributed by atoms with Gasteiger partial charge in [-0.15, -0.1) is 0 Å². The average Bonchev–Trinajstić information content (AvgIpc) is 2.05. The molecule has 0 aliphatic carbocycles. The van der Waals surface area contributed by atoms with Crippen molar-refractivity contribution in [2.75, 3.05) is 0 Å². The summed E-state index contributed by atoms with van der Waals surface area (Å²) in [6.07, 6.45) is -2.78. The van der Waals surface area contributed by atoms with Crippen LogP contribution in [-0.4, -0.2) is 11.2 Å². The van der Waals surface area contributed by atoms with E-state index in [1.165, 1.54) is 19.2 Å². The van der Waals surface area contributed by atoms with Crippen LogP contribution in [-0.2, 0) is 0 Å². The molecule has 0 aromatic carbocycles. The predicted octanol–water partition coefficient (Wildman–Crippen LogP) is 3.14. The number of alkyl halides is 3. The van der Waals surface area contributed by atoms with E-state index in [-0.39, 0.29) is 12.1 Å². The Hall–Kier alpha value is -1.06. The lowest BCUT2D eigenvalue weighted by Gasteiger charge is -2.17. The summed E-state index contributed by atoms with van der Waals surface area (Å²) in [5.41, 5.74) is 0.0949. The molecule has 1 aromatic rings. The number of nitrogens with zero attached hydrogens (tertiary/aromatic N) is 1. The molecule has 1 heterocycles. The van der Waals surface area contributed by atoms with E-state index in [1.54, 1.807) is 12.1 Å². The Balaban J connectivity index is 2.92. The molecule has 0 saturated carbocycles. The van der Waals surface area contributed by atoms with Crippen LogP contribution in [0.1, 0.15) is 25.0 Å². The standard InChI is InChI=1S/C9H10F3N/c1-2-7(9(10,11)12)8-5-3-4-6-13-8/h3-7H,2H2,1H3. The molecular formula is C9H10F3N. The highest BCUT2D eigenvalue weighted by molar-refractivity contribution is 5.11. The molecule has 13 heavy (non-hydrogen) atoms. The van der Waals surface area contributed by atoms with Crippen LogP contribution in [0.2, 0.25) is 0 Å². The van der Waals surface area contributed by atoms with Gasteiger partial charge < -0.3 is 0 Å². The zero-order chi connectivity index (χ0) is 9.90. The molecule has 72 valence electrons. The molecule has 0 radical (unpaired) electrons. The Morgan fingerprint density at radius 2 is 2.08 bits per heavy atom. The molecule has 4 heteroatoms. The van der Waals surface area contributed by atoms with E-state index in [2.05, 4.69) is 4.98 Å². The van der Waals surface area contributed by atoms with Gasteiger partial charge in [0.25, 0.3) is 0 Å². The first-order valence-electron chi connectivity index (χ1n) is 4.03. The van der Waals surface area contributed by atoms with E-state index >= 15 is 0 Å². The molecule has 1 unspecified atom stereocenters. The van der Waals surface area contributed by atoms with Crippen molar-refractivity contribution in [3.05, 3.63) is 30.1 Å². The Bertz CT molecular complexity index is 255. The zero-order valence-corrected chi connectivity index (χ0v) is 7.17. The molecule has 0 aliphatic heterocycles. The Kier molecular flexibility index (Phi) is 2.90. The van der Waals surface area contributed by atoms with Crippen molar-refractivity contribution in [1.82, 2.24) is 4.98 Å². The van der Waals surface area contributed by atoms with E-state index in [9.17, 15) is 13.2 Å². The van der Waals surface area contributed by atoms with Crippen LogP contribution < -0.4 is 0 Å². The van der Waals surface area contributed by atoms with Crippen molar-refractivity contribution in [3.8, 4) is 0 Å². The highest BCUT2D eigenvalue weighted by Crippen LogP contribution is 2.35. The van der Waals surface area contributed by atoms with Crippen molar-refractivity contribution < 1.29 is 13.2 Å². The normalized spacial score (nSPS) is 14.2. The summed E-state index contributed by atoms with van der Waals surface area (Å²) < 4.78 is 37.1. The third-order valence-electron chi connectivity index (χ3n) is 1.85. The van der Waals surface area contributed by atoms with E-state index < -0.39 is 12.1 Å². The number of hydrogen-bond donors (Lipinski definition) is 0. The molecule has 0 aliphatic rings. The van der Waals surface area contributed by atoms with E-state index in [4.69, 9.17) is 0 Å². The second-order valence-corrected chi connectivity index (χ2v) is 2.76. The van der Waals surface area contributed by atoms with Crippen LogP contribution in [0.25, 0.3) is 0 Å². The molecule has 0 saturated heterocycles. The molecule has 0 amide bonds. The number of pyridine rings is 1. The zero-order valence-electron chi connectivity index (χ0n) is 7.17. The third-order valence-corrected chi connectivity index (χ3v) is 1.85. The average molecular weight is 189 g/mol. The first-order valence-corrected chi connectivity index (χ1v) is 4.03. The molecule has 0 spiro atoms. The fourth-order valence-electron chi connectivity index (χ4n) is 1.19. The van der Waals surface area contributed by atoms with Crippen molar-refractivity contribution >= 4 is 0 Å². The molecular weight excluding hydrogens is 179 g/mol. The lowest BCUT2D eigenvalue weighted by atomic mass is 10.0. The van der Waals surface area contributed by atoms with Gasteiger partial charge in [-0.25, -0.2) is 0 Å². The summed E-state index contributed by atoms with van der Waals surface area (Å²) in [5.74, 6) is -1.44. The van der Waals surface area contributed by atoms with Crippen molar-refractivity contribution in [1.29, 1.82) is 0 Å². The second kappa shape index (κ2) is 3.77. The minimum atomic E-state index is -4.19. The van der Waals surface area contributed by atoms with Gasteiger partial charge in [0.1, 0.15) is 0 Å². The van der Waals surface area contributed by atoms with Crippen molar-refractivity contribution in [2.45, 2.75) is 25.4 Å². The second-order valence-electron chi connectivity index (χ2n) is 2.76. The quantitative estimate of drug-likeness (QED) is 0.696. The van der Waals surface area contributed by atoms with Gasteiger partial charge in [-0.3, -0.25) is 4.98 Å². The lowest BCUT2D eigenvalue weighted by molar-refractivity contribution is -0.151. The van der Waals surface area contributed by atoms with Crippen LogP contribution in [0.4, 0.5) is 13.2 Å². The Morgan fingerprint density at radius 1 is 1.38 bits per heavy atom. The van der Waals surface area contributed by atoms with E-state index in [0.29, 0.717) is 0 Å². The monoisotopic (exact) mass is 189 g/mol. The molecule has 1 aromatic heterocycles. The van der Waals surface area contributed by atoms with Crippen LogP contribution in [0.15, 0.2) is 24.4 Å². The van der Waals surface area contributed by atoms with Crippen LogP contribution in [0, 0.1) is 0 Å². The Labute approximate surface area is 74.6 Å². The number of rotatable bonds is 2. The summed E-state index contributed by atoms with van der Waals surface area (Å²) in [6.45, 7) is 1.51. The fourth-order valence-corrected chi connectivity index (χ4v) is 1.19. The Morgan fingerprint density at radius 3 is 2.46 bits per heavy atom. The van der Waals surface area contributed by atoms with Gasteiger partial charge >= 0.3 is 6.18 Å². The summed E-state index contributed by atoms with van der Waals surface area (Å²) in [4.78, 5) is 3.70. The SMILES string of the molecule is CCC(c1ccccn1)C(F)(F)F. The largest absolute Gasteiger partial charge is 0.397 e. The van der Waals surface area contributed by atoms with Gasteiger partial charge in [-0.05, 0) is 18.6 Å². The summed E-state index contributed by atoms with van der Waals surface area (Å²) in [6, 6.07) is 4.57. The number of hydrogen-bond acceptors (Lipinski definition) is 1. The van der Waals surface area contributed by atoms with E-state index in [0.717, 1.165) is 0 Å². The summed E-state index contributed by atoms with van der Waals surface area (Å²) in [5, 5.41) is 0. The van der Waals surface area contributed by atoms with E-state index in [1.807, 2.05) is 0 Å². The highest BCUT2D eigenvalue weighted by Gasteiger charge is 2.39. The summed E-state index contributed by atoms with van der Waals surface area (Å²) in [7, 11) is 0. The predicted molar refractivity (Wildman–Crippen MR) is 43.3 cm³/mol. The number of halogens is 3. The fraction of sp³-hybridized carbons (Fsp3) is 0.444. The molecule has 0 fully saturated rings. The van der Waals surface area contributed by atoms with Crippen molar-refractivity contribution in [2.24, 2.45) is 0 Å².